The second-order valence-corrected chi connectivity index (χ2v) is 9.26. The van der Waals surface area contributed by atoms with Crippen LogP contribution in [0.1, 0.15) is 25.3 Å². The van der Waals surface area contributed by atoms with Crippen molar-refractivity contribution in [2.45, 2.75) is 32.4 Å². The van der Waals surface area contributed by atoms with E-state index >= 15 is 4.39 Å². The summed E-state index contributed by atoms with van der Waals surface area (Å²) in [5.41, 5.74) is 2.20. The molecule has 8 nitrogen and oxygen atoms in total. The smallest absolute Gasteiger partial charge is 0.229 e. The summed E-state index contributed by atoms with van der Waals surface area (Å²) in [6.45, 7) is 11.2. The first kappa shape index (κ1) is 24.2. The lowest BCUT2D eigenvalue weighted by Crippen LogP contribution is -2.42. The maximum atomic E-state index is 15.0. The van der Waals surface area contributed by atoms with Gasteiger partial charge in [-0.2, -0.15) is 0 Å². The third-order valence-electron chi connectivity index (χ3n) is 6.76. The Morgan fingerprint density at radius 2 is 1.94 bits per heavy atom. The fraction of sp³-hybridized carbons (Fsp3) is 0.385. The van der Waals surface area contributed by atoms with Gasteiger partial charge in [0.15, 0.2) is 11.6 Å². The SMILES string of the molecule is C=Nc1c(F)cc(-c2nc(Nc3ccc(CN4CCNCC4)cn3)ncc2F)cc1N1CCCC1C. The number of piperazine rings is 1. The van der Waals surface area contributed by atoms with Gasteiger partial charge in [0.2, 0.25) is 5.95 Å². The third kappa shape index (κ3) is 5.19. The molecule has 0 radical (unpaired) electrons. The molecule has 2 N–H and O–H groups in total. The van der Waals surface area contributed by atoms with Gasteiger partial charge in [-0.05, 0) is 50.2 Å². The van der Waals surface area contributed by atoms with E-state index < -0.39 is 11.6 Å². The van der Waals surface area contributed by atoms with Gasteiger partial charge in [0.25, 0.3) is 0 Å². The maximum Gasteiger partial charge on any atom is 0.229 e. The van der Waals surface area contributed by atoms with E-state index in [-0.39, 0.29) is 23.4 Å². The Bertz CT molecular complexity index is 1230. The number of hydrogen-bond acceptors (Lipinski definition) is 8. The first-order valence-corrected chi connectivity index (χ1v) is 12.3. The Balaban J connectivity index is 1.38. The summed E-state index contributed by atoms with van der Waals surface area (Å²) in [6, 6.07) is 7.05. The zero-order chi connectivity index (χ0) is 25.1. The molecule has 1 aromatic carbocycles. The highest BCUT2D eigenvalue weighted by molar-refractivity contribution is 5.78. The van der Waals surface area contributed by atoms with Gasteiger partial charge in [-0.1, -0.05) is 6.07 Å². The second-order valence-electron chi connectivity index (χ2n) is 9.26. The van der Waals surface area contributed by atoms with Crippen molar-refractivity contribution in [2.24, 2.45) is 4.99 Å². The van der Waals surface area contributed by atoms with Crippen molar-refractivity contribution in [1.82, 2.24) is 25.2 Å². The Labute approximate surface area is 209 Å². The molecule has 10 heteroatoms. The molecule has 1 atom stereocenters. The van der Waals surface area contributed by atoms with Gasteiger partial charge >= 0.3 is 0 Å². The summed E-state index contributed by atoms with van der Waals surface area (Å²) in [6.07, 6.45) is 4.90. The van der Waals surface area contributed by atoms with Crippen LogP contribution >= 0.6 is 0 Å². The molecule has 0 amide bonds. The number of aromatic nitrogens is 3. The highest BCUT2D eigenvalue weighted by Crippen LogP contribution is 2.39. The van der Waals surface area contributed by atoms with E-state index in [2.05, 4.69) is 54.0 Å². The van der Waals surface area contributed by atoms with Gasteiger partial charge in [-0.3, -0.25) is 9.89 Å². The fourth-order valence-corrected chi connectivity index (χ4v) is 4.85. The zero-order valence-electron chi connectivity index (χ0n) is 20.3. The van der Waals surface area contributed by atoms with Crippen LogP contribution in [-0.2, 0) is 6.54 Å². The van der Waals surface area contributed by atoms with Crippen LogP contribution < -0.4 is 15.5 Å². The van der Waals surface area contributed by atoms with Crippen LogP contribution in [0.25, 0.3) is 11.3 Å². The number of pyridine rings is 1. The first-order valence-electron chi connectivity index (χ1n) is 12.3. The molecule has 2 aliphatic heterocycles. The number of aliphatic imine (C=N–C) groups is 1. The molecule has 4 heterocycles. The summed E-state index contributed by atoms with van der Waals surface area (Å²) in [7, 11) is 0. The predicted octanol–water partition coefficient (Wildman–Crippen LogP) is 4.29. The van der Waals surface area contributed by atoms with Gasteiger partial charge in [-0.15, -0.1) is 0 Å². The normalized spacial score (nSPS) is 18.4. The molecule has 3 aromatic rings. The van der Waals surface area contributed by atoms with Gasteiger partial charge in [0.05, 0.1) is 11.9 Å². The van der Waals surface area contributed by atoms with Crippen LogP contribution in [-0.4, -0.2) is 65.3 Å². The van der Waals surface area contributed by atoms with E-state index in [1.165, 1.54) is 6.07 Å². The molecular formula is C26H30F2N8. The average Bonchev–Trinajstić information content (AvgIpc) is 3.32. The van der Waals surface area contributed by atoms with E-state index in [1.54, 1.807) is 6.07 Å². The van der Waals surface area contributed by atoms with E-state index in [0.717, 1.165) is 63.9 Å². The molecule has 188 valence electrons. The Kier molecular flexibility index (Phi) is 7.15. The molecule has 2 fully saturated rings. The molecule has 0 spiro atoms. The molecule has 0 bridgehead atoms. The van der Waals surface area contributed by atoms with E-state index in [0.29, 0.717) is 17.1 Å². The molecule has 2 saturated heterocycles. The van der Waals surface area contributed by atoms with Gasteiger partial charge in [-0.25, -0.2) is 23.7 Å². The van der Waals surface area contributed by atoms with Crippen LogP contribution in [0.3, 0.4) is 0 Å². The number of rotatable bonds is 7. The van der Waals surface area contributed by atoms with Crippen molar-refractivity contribution in [3.63, 3.8) is 0 Å². The minimum Gasteiger partial charge on any atom is -0.367 e. The Hall–Kier alpha value is -3.50. The topological polar surface area (TPSA) is 81.6 Å². The number of nitrogens with zero attached hydrogens (tertiary/aromatic N) is 6. The minimum absolute atomic E-state index is 0.00504. The van der Waals surface area contributed by atoms with Crippen molar-refractivity contribution in [2.75, 3.05) is 42.9 Å². The molecule has 1 unspecified atom stereocenters. The first-order chi connectivity index (χ1) is 17.5. The summed E-state index contributed by atoms with van der Waals surface area (Å²) in [4.78, 5) is 21.2. The van der Waals surface area contributed by atoms with E-state index in [9.17, 15) is 4.39 Å². The van der Waals surface area contributed by atoms with Crippen LogP contribution in [0.15, 0.2) is 41.7 Å². The van der Waals surface area contributed by atoms with Crippen molar-refractivity contribution >= 4 is 29.9 Å². The van der Waals surface area contributed by atoms with E-state index in [4.69, 9.17) is 0 Å². The minimum atomic E-state index is -0.640. The van der Waals surface area contributed by atoms with Crippen molar-refractivity contribution in [3.05, 3.63) is 53.9 Å². The monoisotopic (exact) mass is 492 g/mol. The third-order valence-corrected chi connectivity index (χ3v) is 6.76. The average molecular weight is 493 g/mol. The molecule has 36 heavy (non-hydrogen) atoms. The van der Waals surface area contributed by atoms with Crippen LogP contribution in [0.2, 0.25) is 0 Å². The highest BCUT2D eigenvalue weighted by Gasteiger charge is 2.26. The lowest BCUT2D eigenvalue weighted by Gasteiger charge is -2.27. The quantitative estimate of drug-likeness (QED) is 0.477. The van der Waals surface area contributed by atoms with Crippen LogP contribution in [0.5, 0.6) is 0 Å². The Morgan fingerprint density at radius 3 is 2.64 bits per heavy atom. The molecule has 5 rings (SSSR count). The standard InChI is InChI=1S/C26H30F2N8/c1-17-4-3-9-36(17)22-13-19(12-20(27)25(22)29-2)24-21(28)15-32-26(34-24)33-23-6-5-18(14-31-23)16-35-10-7-30-8-11-35/h5-6,12-15,17,30H,2-4,7-11,16H2,1H3,(H,31,32,33,34). The Morgan fingerprint density at radius 1 is 1.11 bits per heavy atom. The van der Waals surface area contributed by atoms with Gasteiger partial charge in [0, 0.05) is 57.1 Å². The highest BCUT2D eigenvalue weighted by atomic mass is 19.1. The maximum absolute atomic E-state index is 15.0. The summed E-state index contributed by atoms with van der Waals surface area (Å²) >= 11 is 0. The number of hydrogen-bond donors (Lipinski definition) is 2. The van der Waals surface area contributed by atoms with Crippen molar-refractivity contribution in [1.29, 1.82) is 0 Å². The molecule has 0 aliphatic carbocycles. The molecule has 0 saturated carbocycles. The summed E-state index contributed by atoms with van der Waals surface area (Å²) in [5, 5.41) is 6.38. The van der Waals surface area contributed by atoms with Gasteiger partial charge in [0.1, 0.15) is 17.2 Å². The largest absolute Gasteiger partial charge is 0.367 e. The number of halogens is 2. The predicted molar refractivity (Wildman–Crippen MR) is 138 cm³/mol. The van der Waals surface area contributed by atoms with Crippen LogP contribution in [0, 0.1) is 11.6 Å². The second kappa shape index (κ2) is 10.6. The van der Waals surface area contributed by atoms with Crippen LogP contribution in [0.4, 0.5) is 31.9 Å². The molecule has 2 aliphatic rings. The van der Waals surface area contributed by atoms with Crippen molar-refractivity contribution in [3.8, 4) is 11.3 Å². The van der Waals surface area contributed by atoms with E-state index in [1.807, 2.05) is 18.3 Å². The summed E-state index contributed by atoms with van der Waals surface area (Å²) < 4.78 is 29.8. The number of benzene rings is 1. The lowest BCUT2D eigenvalue weighted by atomic mass is 10.1. The lowest BCUT2D eigenvalue weighted by molar-refractivity contribution is 0.233. The number of anilines is 3. The van der Waals surface area contributed by atoms with Crippen molar-refractivity contribution < 1.29 is 8.78 Å². The molecular weight excluding hydrogens is 462 g/mol. The van der Waals surface area contributed by atoms with Gasteiger partial charge < -0.3 is 15.5 Å². The molecule has 2 aromatic heterocycles. The fourth-order valence-electron chi connectivity index (χ4n) is 4.85. The summed E-state index contributed by atoms with van der Waals surface area (Å²) in [5.74, 6) is -0.485. The zero-order valence-corrected chi connectivity index (χ0v) is 20.3. The number of nitrogens with one attached hydrogen (secondary N) is 2.